The minimum atomic E-state index is -1.22. The average Bonchev–Trinajstić information content (AvgIpc) is 2.51. The predicted molar refractivity (Wildman–Crippen MR) is 88.4 cm³/mol. The summed E-state index contributed by atoms with van der Waals surface area (Å²) in [5.74, 6) is -1.17. The van der Waals surface area contributed by atoms with Gasteiger partial charge < -0.3 is 25.2 Å². The molecule has 0 amide bonds. The van der Waals surface area contributed by atoms with Gasteiger partial charge in [-0.2, -0.15) is 0 Å². The third kappa shape index (κ3) is 3.55. The summed E-state index contributed by atoms with van der Waals surface area (Å²) in [5, 5.41) is 39.5. The minimum absolute atomic E-state index is 0.0159. The summed E-state index contributed by atoms with van der Waals surface area (Å²) in [4.78, 5) is 11.2. The highest BCUT2D eigenvalue weighted by Gasteiger charge is 2.38. The van der Waals surface area contributed by atoms with E-state index in [1.165, 1.54) is 19.2 Å². The quantitative estimate of drug-likeness (QED) is 0.614. The molecule has 3 atom stereocenters. The van der Waals surface area contributed by atoms with Crippen LogP contribution in [-0.4, -0.2) is 45.2 Å². The molecule has 1 aromatic rings. The maximum Gasteiger partial charge on any atom is 0.339 e. The molecule has 1 aliphatic carbocycles. The van der Waals surface area contributed by atoms with Gasteiger partial charge in [-0.05, 0) is 44.2 Å². The van der Waals surface area contributed by atoms with E-state index in [9.17, 15) is 20.1 Å². The van der Waals surface area contributed by atoms with Crippen molar-refractivity contribution in [2.24, 2.45) is 5.92 Å². The summed E-state index contributed by atoms with van der Waals surface area (Å²) in [7, 11) is 1.45. The van der Waals surface area contributed by atoms with Gasteiger partial charge in [0.1, 0.15) is 17.1 Å². The molecule has 132 valence electrons. The van der Waals surface area contributed by atoms with E-state index >= 15 is 0 Å². The zero-order valence-electron chi connectivity index (χ0n) is 14.0. The minimum Gasteiger partial charge on any atom is -0.507 e. The Hall–Kier alpha value is -2.05. The second kappa shape index (κ2) is 6.83. The van der Waals surface area contributed by atoms with Gasteiger partial charge in [0.2, 0.25) is 0 Å². The van der Waals surface area contributed by atoms with Crippen molar-refractivity contribution >= 4 is 5.97 Å². The van der Waals surface area contributed by atoms with Crippen LogP contribution in [0.2, 0.25) is 0 Å². The van der Waals surface area contributed by atoms with Crippen molar-refractivity contribution < 1.29 is 30.0 Å². The number of aliphatic hydroxyl groups is 2. The van der Waals surface area contributed by atoms with Crippen molar-refractivity contribution in [3.05, 3.63) is 35.4 Å². The molecule has 1 aromatic carbocycles. The number of carboxylic acid groups (broad SMARTS) is 1. The maximum absolute atomic E-state index is 11.2. The molecular weight excluding hydrogens is 312 g/mol. The Morgan fingerprint density at radius 1 is 1.46 bits per heavy atom. The Morgan fingerprint density at radius 2 is 2.12 bits per heavy atom. The lowest BCUT2D eigenvalue weighted by Gasteiger charge is -2.38. The van der Waals surface area contributed by atoms with E-state index in [0.29, 0.717) is 30.6 Å². The van der Waals surface area contributed by atoms with E-state index in [1.54, 1.807) is 6.92 Å². The van der Waals surface area contributed by atoms with Gasteiger partial charge in [0.15, 0.2) is 0 Å². The van der Waals surface area contributed by atoms with Crippen LogP contribution >= 0.6 is 0 Å². The first kappa shape index (κ1) is 18.3. The predicted octanol–water partition coefficient (Wildman–Crippen LogP) is 2.11. The number of hydrogen-bond donors (Lipinski definition) is 4. The highest BCUT2D eigenvalue weighted by Crippen LogP contribution is 2.39. The van der Waals surface area contributed by atoms with E-state index in [4.69, 9.17) is 9.84 Å². The number of carbonyl (C=O) groups is 1. The van der Waals surface area contributed by atoms with Gasteiger partial charge in [-0.25, -0.2) is 4.79 Å². The zero-order valence-corrected chi connectivity index (χ0v) is 14.0. The first-order valence-corrected chi connectivity index (χ1v) is 7.87. The lowest BCUT2D eigenvalue weighted by atomic mass is 9.74. The lowest BCUT2D eigenvalue weighted by Crippen LogP contribution is -2.44. The van der Waals surface area contributed by atoms with Gasteiger partial charge in [-0.1, -0.05) is 12.2 Å². The monoisotopic (exact) mass is 336 g/mol. The average molecular weight is 336 g/mol. The SMILES string of the molecule is C=C(Cc1c(OC)ccc(C(=O)O)c1O)C1CC[C@](C)(O)C(O)C1. The number of phenols is 1. The number of aromatic carboxylic acids is 1. The van der Waals surface area contributed by atoms with Crippen molar-refractivity contribution in [1.29, 1.82) is 0 Å². The fraction of sp³-hybridized carbons (Fsp3) is 0.500. The van der Waals surface area contributed by atoms with E-state index in [-0.39, 0.29) is 23.7 Å². The normalized spacial score (nSPS) is 26.8. The summed E-state index contributed by atoms with van der Waals surface area (Å²) in [6.45, 7) is 5.65. The number of hydrogen-bond acceptors (Lipinski definition) is 5. The van der Waals surface area contributed by atoms with Crippen molar-refractivity contribution in [3.63, 3.8) is 0 Å². The van der Waals surface area contributed by atoms with Crippen molar-refractivity contribution in [3.8, 4) is 11.5 Å². The Morgan fingerprint density at radius 3 is 2.67 bits per heavy atom. The molecule has 1 saturated carbocycles. The number of rotatable bonds is 5. The molecule has 2 unspecified atom stereocenters. The van der Waals surface area contributed by atoms with Crippen LogP contribution in [0.5, 0.6) is 11.5 Å². The fourth-order valence-corrected chi connectivity index (χ4v) is 3.17. The number of aliphatic hydroxyl groups excluding tert-OH is 1. The molecule has 0 bridgehead atoms. The molecular formula is C18H24O6. The second-order valence-corrected chi connectivity index (χ2v) is 6.63. The van der Waals surface area contributed by atoms with Crippen LogP contribution in [0.1, 0.15) is 42.1 Å². The van der Waals surface area contributed by atoms with E-state index < -0.39 is 17.7 Å². The van der Waals surface area contributed by atoms with Gasteiger partial charge in [0, 0.05) is 12.0 Å². The molecule has 0 saturated heterocycles. The zero-order chi connectivity index (χ0) is 18.1. The molecule has 0 aliphatic heterocycles. The first-order valence-electron chi connectivity index (χ1n) is 7.87. The highest BCUT2D eigenvalue weighted by atomic mass is 16.5. The van der Waals surface area contributed by atoms with Crippen molar-refractivity contribution in [2.45, 2.75) is 44.3 Å². The van der Waals surface area contributed by atoms with Gasteiger partial charge >= 0.3 is 5.97 Å². The van der Waals surface area contributed by atoms with Crippen molar-refractivity contribution in [2.75, 3.05) is 7.11 Å². The molecule has 2 rings (SSSR count). The Labute approximate surface area is 141 Å². The molecule has 6 nitrogen and oxygen atoms in total. The number of aromatic hydroxyl groups is 1. The smallest absolute Gasteiger partial charge is 0.339 e. The Kier molecular flexibility index (Phi) is 5.20. The van der Waals surface area contributed by atoms with Crippen LogP contribution < -0.4 is 4.74 Å². The molecule has 1 aliphatic rings. The molecule has 0 spiro atoms. The molecule has 0 aromatic heterocycles. The van der Waals surface area contributed by atoms with Crippen molar-refractivity contribution in [1.82, 2.24) is 0 Å². The number of benzene rings is 1. The Balaban J connectivity index is 2.23. The first-order chi connectivity index (χ1) is 11.2. The van der Waals surface area contributed by atoms with Crippen LogP contribution in [0.25, 0.3) is 0 Å². The lowest BCUT2D eigenvalue weighted by molar-refractivity contribution is -0.0954. The number of methoxy groups -OCH3 is 1. The maximum atomic E-state index is 11.2. The van der Waals surface area contributed by atoms with Gasteiger partial charge in [-0.3, -0.25) is 0 Å². The van der Waals surface area contributed by atoms with E-state index in [1.807, 2.05) is 0 Å². The van der Waals surface area contributed by atoms with Crippen LogP contribution in [0.4, 0.5) is 0 Å². The van der Waals surface area contributed by atoms with Crippen LogP contribution in [0.3, 0.4) is 0 Å². The molecule has 24 heavy (non-hydrogen) atoms. The second-order valence-electron chi connectivity index (χ2n) is 6.63. The largest absolute Gasteiger partial charge is 0.507 e. The standard InChI is InChI=1S/C18H24O6/c1-10(11-6-7-18(2,23)15(19)9-11)8-13-14(24-3)5-4-12(16(13)20)17(21)22/h4-5,11,15,19-20,23H,1,6-9H2,2-3H3,(H,21,22)/t11?,15?,18-/m0/s1. The van der Waals surface area contributed by atoms with E-state index in [2.05, 4.69) is 6.58 Å². The molecule has 0 radical (unpaired) electrons. The molecule has 0 heterocycles. The van der Waals surface area contributed by atoms with E-state index in [0.717, 1.165) is 5.57 Å². The highest BCUT2D eigenvalue weighted by molar-refractivity contribution is 5.91. The van der Waals surface area contributed by atoms with Gasteiger partial charge in [0.25, 0.3) is 0 Å². The summed E-state index contributed by atoms with van der Waals surface area (Å²) < 4.78 is 5.22. The summed E-state index contributed by atoms with van der Waals surface area (Å²) in [6, 6.07) is 2.80. The third-order valence-corrected chi connectivity index (χ3v) is 4.90. The number of allylic oxidation sites excluding steroid dienone is 1. The topological polar surface area (TPSA) is 107 Å². The van der Waals surface area contributed by atoms with Crippen LogP contribution in [0, 0.1) is 5.92 Å². The van der Waals surface area contributed by atoms with Crippen LogP contribution in [0.15, 0.2) is 24.3 Å². The Bertz CT molecular complexity index is 649. The number of carboxylic acids is 1. The molecule has 6 heteroatoms. The summed E-state index contributed by atoms with van der Waals surface area (Å²) >= 11 is 0. The third-order valence-electron chi connectivity index (χ3n) is 4.90. The summed E-state index contributed by atoms with van der Waals surface area (Å²) in [5.41, 5.74) is -0.153. The molecule has 1 fully saturated rings. The van der Waals surface area contributed by atoms with Gasteiger partial charge in [0.05, 0.1) is 18.8 Å². The summed E-state index contributed by atoms with van der Waals surface area (Å²) in [6.07, 6.45) is 0.915. The van der Waals surface area contributed by atoms with Crippen LogP contribution in [-0.2, 0) is 6.42 Å². The fourth-order valence-electron chi connectivity index (χ4n) is 3.17. The van der Waals surface area contributed by atoms with Gasteiger partial charge in [-0.15, -0.1) is 0 Å². The number of ether oxygens (including phenoxy) is 1. The molecule has 4 N–H and O–H groups in total.